The van der Waals surface area contributed by atoms with Gasteiger partial charge in [0.1, 0.15) is 5.52 Å². The zero-order valence-electron chi connectivity index (χ0n) is 24.7. The molecule has 2 heterocycles. The highest BCUT2D eigenvalue weighted by Gasteiger charge is 2.17. The predicted octanol–water partition coefficient (Wildman–Crippen LogP) is 11.6. The van der Waals surface area contributed by atoms with E-state index in [-0.39, 0.29) is 0 Å². The SMILES string of the molecule is Ic1ccc(N(c2ccc(-n3c4c#cccc4c4ccccc43)cc2)c2ccc(-n3c4ccccc4c4ccccc43)cc2)cc1. The van der Waals surface area contributed by atoms with Gasteiger partial charge in [0.2, 0.25) is 0 Å². The lowest BCUT2D eigenvalue weighted by atomic mass is 10.1. The first-order valence-corrected chi connectivity index (χ1v) is 16.4. The molecular formula is C42H26IN3. The molecule has 46 heavy (non-hydrogen) atoms. The fourth-order valence-electron chi connectivity index (χ4n) is 6.80. The maximum absolute atomic E-state index is 3.37. The number of nitrogens with zero attached hydrogens (tertiary/aromatic N) is 3. The maximum atomic E-state index is 3.37. The van der Waals surface area contributed by atoms with Crippen LogP contribution in [0.4, 0.5) is 17.1 Å². The Balaban J connectivity index is 1.16. The van der Waals surface area contributed by atoms with E-state index in [4.69, 9.17) is 0 Å². The molecule has 9 aromatic rings. The van der Waals surface area contributed by atoms with Gasteiger partial charge in [0.05, 0.1) is 16.6 Å². The highest BCUT2D eigenvalue weighted by atomic mass is 127. The third kappa shape index (κ3) is 4.28. The van der Waals surface area contributed by atoms with Crippen LogP contribution in [0.25, 0.3) is 55.0 Å². The van der Waals surface area contributed by atoms with E-state index >= 15 is 0 Å². The van der Waals surface area contributed by atoms with Crippen LogP contribution < -0.4 is 4.90 Å². The van der Waals surface area contributed by atoms with Gasteiger partial charge >= 0.3 is 0 Å². The lowest BCUT2D eigenvalue weighted by molar-refractivity contribution is 1.17. The second-order valence-electron chi connectivity index (χ2n) is 11.4. The van der Waals surface area contributed by atoms with Crippen LogP contribution in [0, 0.1) is 15.7 Å². The Hall–Kier alpha value is -5.51. The van der Waals surface area contributed by atoms with E-state index in [2.05, 4.69) is 200 Å². The molecule has 4 heteroatoms. The van der Waals surface area contributed by atoms with E-state index < -0.39 is 0 Å². The van der Waals surface area contributed by atoms with Crippen LogP contribution in [0.15, 0.2) is 158 Å². The van der Waals surface area contributed by atoms with Crippen molar-refractivity contribution in [3.63, 3.8) is 0 Å². The van der Waals surface area contributed by atoms with Gasteiger partial charge in [-0.3, -0.25) is 0 Å². The van der Waals surface area contributed by atoms with Gasteiger partial charge in [-0.05, 0) is 132 Å². The Morgan fingerprint density at radius 1 is 0.435 bits per heavy atom. The third-order valence-corrected chi connectivity index (χ3v) is 9.55. The molecule has 216 valence electrons. The molecule has 9 rings (SSSR count). The summed E-state index contributed by atoms with van der Waals surface area (Å²) >= 11 is 2.37. The fourth-order valence-corrected chi connectivity index (χ4v) is 7.16. The minimum absolute atomic E-state index is 1.03. The van der Waals surface area contributed by atoms with E-state index in [0.717, 1.165) is 39.5 Å². The van der Waals surface area contributed by atoms with Gasteiger partial charge in [-0.15, -0.1) is 0 Å². The summed E-state index contributed by atoms with van der Waals surface area (Å²) in [7, 11) is 0. The van der Waals surface area contributed by atoms with Gasteiger partial charge in [-0.25, -0.2) is 0 Å². The molecule has 0 radical (unpaired) electrons. The normalized spacial score (nSPS) is 11.4. The molecule has 0 aliphatic carbocycles. The van der Waals surface area contributed by atoms with Crippen LogP contribution in [-0.4, -0.2) is 9.13 Å². The first kappa shape index (κ1) is 26.9. The zero-order chi connectivity index (χ0) is 30.6. The maximum Gasteiger partial charge on any atom is 0.105 e. The van der Waals surface area contributed by atoms with Gasteiger partial charge in [0, 0.05) is 53.6 Å². The van der Waals surface area contributed by atoms with Gasteiger partial charge in [-0.2, -0.15) is 0 Å². The van der Waals surface area contributed by atoms with Gasteiger partial charge in [0.25, 0.3) is 0 Å². The van der Waals surface area contributed by atoms with Crippen LogP contribution >= 0.6 is 22.6 Å². The zero-order valence-corrected chi connectivity index (χ0v) is 26.9. The van der Waals surface area contributed by atoms with Crippen molar-refractivity contribution in [2.45, 2.75) is 0 Å². The molecule has 0 N–H and O–H groups in total. The molecule has 7 aromatic carbocycles. The number of fused-ring (bicyclic) bond motifs is 6. The summed E-state index contributed by atoms with van der Waals surface area (Å²) in [6.07, 6.45) is 0. The molecule has 0 bridgehead atoms. The van der Waals surface area contributed by atoms with Crippen molar-refractivity contribution in [2.75, 3.05) is 4.90 Å². The molecule has 0 aliphatic rings. The van der Waals surface area contributed by atoms with Crippen LogP contribution in [0.5, 0.6) is 0 Å². The highest BCUT2D eigenvalue weighted by molar-refractivity contribution is 14.1. The van der Waals surface area contributed by atoms with Crippen molar-refractivity contribution in [2.24, 2.45) is 0 Å². The van der Waals surface area contributed by atoms with Crippen molar-refractivity contribution >= 4 is 83.3 Å². The first-order valence-electron chi connectivity index (χ1n) is 15.3. The molecule has 0 aliphatic heterocycles. The summed E-state index contributed by atoms with van der Waals surface area (Å²) in [5, 5.41) is 4.93. The molecule has 0 amide bonds. The summed E-state index contributed by atoms with van der Waals surface area (Å²) in [6.45, 7) is 0. The fraction of sp³-hybridized carbons (Fsp3) is 0. The van der Waals surface area contributed by atoms with E-state index in [1.807, 2.05) is 6.07 Å². The molecule has 3 nitrogen and oxygen atoms in total. The first-order chi connectivity index (χ1) is 22.7. The molecular weight excluding hydrogens is 673 g/mol. The Labute approximate surface area is 280 Å². The molecule has 0 atom stereocenters. The Bertz CT molecular complexity index is 2260. The Morgan fingerprint density at radius 2 is 0.870 bits per heavy atom. The Kier molecular flexibility index (Phi) is 6.32. The summed E-state index contributed by atoms with van der Waals surface area (Å²) in [6, 6.07) is 62.8. The van der Waals surface area contributed by atoms with Crippen molar-refractivity contribution in [1.29, 1.82) is 0 Å². The van der Waals surface area contributed by atoms with Gasteiger partial charge in [0.15, 0.2) is 0 Å². The molecule has 0 fully saturated rings. The topological polar surface area (TPSA) is 13.1 Å². The lowest BCUT2D eigenvalue weighted by Crippen LogP contribution is -2.10. The number of para-hydroxylation sites is 3. The Morgan fingerprint density at radius 3 is 1.41 bits per heavy atom. The minimum atomic E-state index is 1.03. The van der Waals surface area contributed by atoms with Gasteiger partial charge in [-0.1, -0.05) is 60.7 Å². The van der Waals surface area contributed by atoms with Gasteiger partial charge < -0.3 is 14.0 Å². The van der Waals surface area contributed by atoms with E-state index in [1.54, 1.807) is 0 Å². The number of anilines is 3. The third-order valence-electron chi connectivity index (χ3n) is 8.83. The summed E-state index contributed by atoms with van der Waals surface area (Å²) in [5.41, 5.74) is 10.1. The molecule has 0 spiro atoms. The average Bonchev–Trinajstić information content (AvgIpc) is 3.63. The van der Waals surface area contributed by atoms with Crippen molar-refractivity contribution in [3.05, 3.63) is 173 Å². The predicted molar refractivity (Wildman–Crippen MR) is 200 cm³/mol. The largest absolute Gasteiger partial charge is 0.311 e. The number of rotatable bonds is 5. The van der Waals surface area contributed by atoms with Crippen molar-refractivity contribution in [3.8, 4) is 11.4 Å². The van der Waals surface area contributed by atoms with Crippen LogP contribution in [-0.2, 0) is 0 Å². The van der Waals surface area contributed by atoms with Crippen LogP contribution in [0.3, 0.4) is 0 Å². The van der Waals surface area contributed by atoms with Crippen molar-refractivity contribution < 1.29 is 0 Å². The average molecular weight is 700 g/mol. The lowest BCUT2D eigenvalue weighted by Gasteiger charge is -2.26. The van der Waals surface area contributed by atoms with E-state index in [0.29, 0.717) is 0 Å². The molecule has 0 saturated carbocycles. The molecule has 0 saturated heterocycles. The van der Waals surface area contributed by atoms with Crippen LogP contribution in [0.1, 0.15) is 0 Å². The number of hydrogen-bond donors (Lipinski definition) is 0. The minimum Gasteiger partial charge on any atom is -0.311 e. The monoisotopic (exact) mass is 699 g/mol. The van der Waals surface area contributed by atoms with Crippen LogP contribution in [0.2, 0.25) is 0 Å². The number of aromatic nitrogens is 2. The molecule has 0 unspecified atom stereocenters. The highest BCUT2D eigenvalue weighted by Crippen LogP contribution is 2.38. The second-order valence-corrected chi connectivity index (χ2v) is 12.7. The smallest absolute Gasteiger partial charge is 0.105 e. The number of halogens is 1. The second kappa shape index (κ2) is 10.8. The van der Waals surface area contributed by atoms with Crippen molar-refractivity contribution in [1.82, 2.24) is 9.13 Å². The molecule has 2 aromatic heterocycles. The van der Waals surface area contributed by atoms with E-state index in [1.165, 1.54) is 36.1 Å². The summed E-state index contributed by atoms with van der Waals surface area (Å²) in [4.78, 5) is 2.32. The summed E-state index contributed by atoms with van der Waals surface area (Å²) < 4.78 is 5.84. The van der Waals surface area contributed by atoms with E-state index in [9.17, 15) is 0 Å². The number of hydrogen-bond acceptors (Lipinski definition) is 1. The standard InChI is InChI=1S/C42H26IN3/c43-29-17-19-30(20-18-29)44(31-21-25-33(26-22-31)45-39-13-5-1-9-35(39)36-10-2-6-14-40(36)45)32-23-27-34(28-24-32)46-41-15-7-3-11-37(41)38-12-4-8-16-42(38)46/h1-7,9-15,17-28H. The summed E-state index contributed by atoms with van der Waals surface area (Å²) in [5.74, 6) is 0. The quantitative estimate of drug-likeness (QED) is 0.163. The number of benzene rings is 6.